The third-order valence-corrected chi connectivity index (χ3v) is 4.58. The second-order valence-electron chi connectivity index (χ2n) is 6.42. The molecular formula is C17H29N3. The van der Waals surface area contributed by atoms with Gasteiger partial charge in [-0.1, -0.05) is 13.0 Å². The minimum atomic E-state index is 0.196. The van der Waals surface area contributed by atoms with Gasteiger partial charge in [-0.15, -0.1) is 0 Å². The highest BCUT2D eigenvalue weighted by Crippen LogP contribution is 2.26. The zero-order valence-electron chi connectivity index (χ0n) is 13.2. The molecule has 1 aliphatic rings. The van der Waals surface area contributed by atoms with Crippen molar-refractivity contribution in [1.29, 1.82) is 0 Å². The third kappa shape index (κ3) is 3.80. The number of rotatable bonds is 7. The Morgan fingerprint density at radius 1 is 1.35 bits per heavy atom. The van der Waals surface area contributed by atoms with Crippen LogP contribution >= 0.6 is 0 Å². The summed E-state index contributed by atoms with van der Waals surface area (Å²) < 4.78 is 0. The van der Waals surface area contributed by atoms with E-state index in [2.05, 4.69) is 42.0 Å². The fraction of sp³-hybridized carbons (Fsp3) is 0.706. The second-order valence-corrected chi connectivity index (χ2v) is 6.42. The number of aromatic nitrogens is 1. The first-order valence-corrected chi connectivity index (χ1v) is 8.02. The van der Waals surface area contributed by atoms with Crippen LogP contribution in [0.2, 0.25) is 0 Å². The van der Waals surface area contributed by atoms with E-state index in [1.54, 1.807) is 0 Å². The van der Waals surface area contributed by atoms with Crippen LogP contribution in [-0.4, -0.2) is 41.1 Å². The largest absolute Gasteiger partial charge is 0.312 e. The molecule has 0 spiro atoms. The zero-order chi connectivity index (χ0) is 14.4. The quantitative estimate of drug-likeness (QED) is 0.829. The molecule has 3 heteroatoms. The molecule has 20 heavy (non-hydrogen) atoms. The number of hydrogen-bond donors (Lipinski definition) is 1. The maximum Gasteiger partial charge on any atom is 0.0309 e. The molecule has 0 saturated carbocycles. The summed E-state index contributed by atoms with van der Waals surface area (Å²) in [5, 5.41) is 3.77. The average Bonchev–Trinajstić information content (AvgIpc) is 2.99. The van der Waals surface area contributed by atoms with Crippen LogP contribution in [-0.2, 0) is 6.42 Å². The van der Waals surface area contributed by atoms with Crippen LogP contribution < -0.4 is 5.32 Å². The topological polar surface area (TPSA) is 28.2 Å². The van der Waals surface area contributed by atoms with Gasteiger partial charge in [0.15, 0.2) is 0 Å². The fourth-order valence-electron chi connectivity index (χ4n) is 3.16. The Hall–Kier alpha value is -0.930. The van der Waals surface area contributed by atoms with Gasteiger partial charge in [0.25, 0.3) is 0 Å². The molecule has 1 saturated heterocycles. The molecule has 2 heterocycles. The molecule has 112 valence electrons. The average molecular weight is 275 g/mol. The summed E-state index contributed by atoms with van der Waals surface area (Å²) in [4.78, 5) is 6.91. The summed E-state index contributed by atoms with van der Waals surface area (Å²) in [5.74, 6) is 0. The molecule has 0 amide bonds. The first-order chi connectivity index (χ1) is 9.64. The molecule has 1 N–H and O–H groups in total. The van der Waals surface area contributed by atoms with Crippen molar-refractivity contribution in [2.75, 3.05) is 19.6 Å². The molecule has 2 rings (SSSR count). The molecule has 0 bridgehead atoms. The van der Waals surface area contributed by atoms with E-state index in [9.17, 15) is 0 Å². The van der Waals surface area contributed by atoms with E-state index in [4.69, 9.17) is 0 Å². The van der Waals surface area contributed by atoms with Gasteiger partial charge >= 0.3 is 0 Å². The standard InChI is InChI=1S/C17H29N3/c1-4-9-19-16(13-15-8-7-10-18-14-15)17(2,3)20-11-5-6-12-20/h7-8,10,14,16,19H,4-6,9,11-13H2,1-3H3. The number of likely N-dealkylation sites (tertiary alicyclic amines) is 1. The molecule has 0 aromatic carbocycles. The van der Waals surface area contributed by atoms with E-state index >= 15 is 0 Å². The summed E-state index contributed by atoms with van der Waals surface area (Å²) in [6, 6.07) is 4.70. The Morgan fingerprint density at radius 3 is 2.70 bits per heavy atom. The summed E-state index contributed by atoms with van der Waals surface area (Å²) in [6.45, 7) is 10.6. The Morgan fingerprint density at radius 2 is 2.10 bits per heavy atom. The molecule has 0 radical (unpaired) electrons. The summed E-state index contributed by atoms with van der Waals surface area (Å²) in [6.07, 6.45) is 8.77. The van der Waals surface area contributed by atoms with Crippen LogP contribution in [0.15, 0.2) is 24.5 Å². The van der Waals surface area contributed by atoms with Crippen LogP contribution in [0, 0.1) is 0 Å². The zero-order valence-corrected chi connectivity index (χ0v) is 13.2. The lowest BCUT2D eigenvalue weighted by atomic mass is 9.88. The molecule has 1 unspecified atom stereocenters. The van der Waals surface area contributed by atoms with Gasteiger partial charge in [0.05, 0.1) is 0 Å². The number of hydrogen-bond acceptors (Lipinski definition) is 3. The Bertz CT molecular complexity index is 382. The number of nitrogens with zero attached hydrogens (tertiary/aromatic N) is 2. The molecule has 3 nitrogen and oxygen atoms in total. The normalized spacial score (nSPS) is 18.4. The van der Waals surface area contributed by atoms with Crippen molar-refractivity contribution in [2.24, 2.45) is 0 Å². The minimum Gasteiger partial charge on any atom is -0.312 e. The van der Waals surface area contributed by atoms with Gasteiger partial charge in [-0.2, -0.15) is 0 Å². The summed E-state index contributed by atoms with van der Waals surface area (Å²) >= 11 is 0. The van der Waals surface area contributed by atoms with Crippen molar-refractivity contribution in [1.82, 2.24) is 15.2 Å². The second kappa shape index (κ2) is 7.19. The van der Waals surface area contributed by atoms with Crippen molar-refractivity contribution >= 4 is 0 Å². The monoisotopic (exact) mass is 275 g/mol. The highest BCUT2D eigenvalue weighted by atomic mass is 15.2. The molecule has 1 aromatic heterocycles. The van der Waals surface area contributed by atoms with Crippen molar-refractivity contribution in [3.63, 3.8) is 0 Å². The van der Waals surface area contributed by atoms with Crippen molar-refractivity contribution in [3.05, 3.63) is 30.1 Å². The van der Waals surface area contributed by atoms with Crippen LogP contribution in [0.25, 0.3) is 0 Å². The van der Waals surface area contributed by atoms with E-state index in [1.807, 2.05) is 18.5 Å². The number of pyridine rings is 1. The van der Waals surface area contributed by atoms with E-state index in [1.165, 1.54) is 37.9 Å². The molecule has 0 aliphatic carbocycles. The Balaban J connectivity index is 2.09. The van der Waals surface area contributed by atoms with Gasteiger partial charge in [0.1, 0.15) is 0 Å². The van der Waals surface area contributed by atoms with E-state index in [-0.39, 0.29) is 5.54 Å². The smallest absolute Gasteiger partial charge is 0.0309 e. The predicted octanol–water partition coefficient (Wildman–Crippen LogP) is 2.87. The Labute approximate surface area is 123 Å². The maximum absolute atomic E-state index is 4.26. The summed E-state index contributed by atoms with van der Waals surface area (Å²) in [5.41, 5.74) is 1.52. The molecule has 1 fully saturated rings. The van der Waals surface area contributed by atoms with Gasteiger partial charge in [-0.3, -0.25) is 9.88 Å². The van der Waals surface area contributed by atoms with Gasteiger partial charge in [-0.05, 0) is 70.8 Å². The lowest BCUT2D eigenvalue weighted by molar-refractivity contribution is 0.106. The van der Waals surface area contributed by atoms with Crippen LogP contribution in [0.3, 0.4) is 0 Å². The van der Waals surface area contributed by atoms with Crippen LogP contribution in [0.4, 0.5) is 0 Å². The van der Waals surface area contributed by atoms with E-state index in [0.717, 1.165) is 13.0 Å². The minimum absolute atomic E-state index is 0.196. The van der Waals surface area contributed by atoms with Crippen LogP contribution in [0.5, 0.6) is 0 Å². The molecule has 1 aromatic rings. The first kappa shape index (κ1) is 15.5. The third-order valence-electron chi connectivity index (χ3n) is 4.58. The van der Waals surface area contributed by atoms with Crippen molar-refractivity contribution < 1.29 is 0 Å². The van der Waals surface area contributed by atoms with E-state index < -0.39 is 0 Å². The lowest BCUT2D eigenvalue weighted by Crippen LogP contribution is -2.58. The van der Waals surface area contributed by atoms with E-state index in [0.29, 0.717) is 6.04 Å². The van der Waals surface area contributed by atoms with Gasteiger partial charge in [-0.25, -0.2) is 0 Å². The highest BCUT2D eigenvalue weighted by molar-refractivity contribution is 5.13. The van der Waals surface area contributed by atoms with Crippen molar-refractivity contribution in [2.45, 2.75) is 58.0 Å². The first-order valence-electron chi connectivity index (χ1n) is 8.02. The van der Waals surface area contributed by atoms with Gasteiger partial charge in [0, 0.05) is 24.0 Å². The summed E-state index contributed by atoms with van der Waals surface area (Å²) in [7, 11) is 0. The maximum atomic E-state index is 4.26. The van der Waals surface area contributed by atoms with Gasteiger partial charge < -0.3 is 5.32 Å². The highest BCUT2D eigenvalue weighted by Gasteiger charge is 2.36. The predicted molar refractivity (Wildman–Crippen MR) is 84.9 cm³/mol. The molecule has 1 aliphatic heterocycles. The molecule has 1 atom stereocenters. The lowest BCUT2D eigenvalue weighted by Gasteiger charge is -2.43. The fourth-order valence-corrected chi connectivity index (χ4v) is 3.16. The SMILES string of the molecule is CCCNC(Cc1cccnc1)C(C)(C)N1CCCC1. The van der Waals surface area contributed by atoms with Crippen LogP contribution in [0.1, 0.15) is 45.6 Å². The van der Waals surface area contributed by atoms with Crippen molar-refractivity contribution in [3.8, 4) is 0 Å². The number of nitrogens with one attached hydrogen (secondary N) is 1. The molecular weight excluding hydrogens is 246 g/mol. The van der Waals surface area contributed by atoms with Gasteiger partial charge in [0.2, 0.25) is 0 Å². The Kier molecular flexibility index (Phi) is 5.55.